The highest BCUT2D eigenvalue weighted by atomic mass is 16.5. The Bertz CT molecular complexity index is 349. The molecule has 0 aliphatic rings. The average Bonchev–Trinajstić information content (AvgIpc) is 2.49. The Labute approximate surface area is 73.1 Å². The van der Waals surface area contributed by atoms with Crippen molar-refractivity contribution in [2.45, 2.75) is 6.92 Å². The van der Waals surface area contributed by atoms with Crippen LogP contribution in [0.25, 0.3) is 0 Å². The summed E-state index contributed by atoms with van der Waals surface area (Å²) in [6.45, 7) is 1.77. The first-order chi connectivity index (χ1) is 6.94. The number of aromatic amines is 1. The van der Waals surface area contributed by atoms with E-state index in [4.69, 9.17) is 4.11 Å². The van der Waals surface area contributed by atoms with Gasteiger partial charge in [-0.2, -0.15) is 0 Å². The van der Waals surface area contributed by atoms with Crippen molar-refractivity contribution < 1.29 is 18.4 Å². The van der Waals surface area contributed by atoms with Crippen LogP contribution in [0.3, 0.4) is 0 Å². The van der Waals surface area contributed by atoms with Crippen LogP contribution in [0.1, 0.15) is 21.5 Å². The van der Waals surface area contributed by atoms with Crippen molar-refractivity contribution in [3.63, 3.8) is 0 Å². The van der Waals surface area contributed by atoms with Gasteiger partial charge in [0.25, 0.3) is 5.88 Å². The van der Waals surface area contributed by atoms with Gasteiger partial charge < -0.3 is 9.47 Å². The topological polar surface area (TPSA) is 77.1 Å². The number of ether oxygens (including phenoxy) is 2. The molecule has 1 rings (SSSR count). The van der Waals surface area contributed by atoms with E-state index in [0.29, 0.717) is 0 Å². The number of rotatable bonds is 3. The van der Waals surface area contributed by atoms with E-state index in [1.807, 2.05) is 0 Å². The first-order valence-electron chi connectivity index (χ1n) is 4.71. The number of H-pyrrole nitrogens is 1. The summed E-state index contributed by atoms with van der Waals surface area (Å²) >= 11 is 0. The Balaban J connectivity index is 2.82. The number of carbonyl (C=O) groups excluding carboxylic acids is 1. The number of hydrogen-bond donors (Lipinski definition) is 1. The molecule has 1 aromatic rings. The number of esters is 1. The van der Waals surface area contributed by atoms with Crippen molar-refractivity contribution in [1.29, 1.82) is 0 Å². The molecule has 6 nitrogen and oxygen atoms in total. The number of hydrogen-bond acceptors (Lipinski definition) is 5. The van der Waals surface area contributed by atoms with Crippen molar-refractivity contribution in [3.8, 4) is 5.88 Å². The Hall–Kier alpha value is -1.59. The average molecular weight is 174 g/mol. The molecule has 0 aliphatic carbocycles. The van der Waals surface area contributed by atoms with Crippen LogP contribution in [0.2, 0.25) is 0 Å². The Morgan fingerprint density at radius 1 is 1.83 bits per heavy atom. The third-order valence-electron chi connectivity index (χ3n) is 1.09. The third-order valence-corrected chi connectivity index (χ3v) is 1.09. The maximum Gasteiger partial charge on any atom is 0.362 e. The fraction of sp³-hybridized carbons (Fsp3) is 0.500. The predicted octanol–water partition coefficient (Wildman–Crippen LogP) is -0.0100. The zero-order chi connectivity index (χ0) is 11.5. The number of aromatic nitrogens is 3. The maximum atomic E-state index is 11.2. The summed E-state index contributed by atoms with van der Waals surface area (Å²) in [6.07, 6.45) is 0. The minimum Gasteiger partial charge on any atom is -0.478 e. The van der Waals surface area contributed by atoms with Crippen LogP contribution in [0.5, 0.6) is 5.88 Å². The van der Waals surface area contributed by atoms with Crippen LogP contribution in [0.15, 0.2) is 0 Å². The van der Waals surface area contributed by atoms with Gasteiger partial charge in [0, 0.05) is 0 Å². The standard InChI is InChI=1S/C6H9N3O3/c1-3-12-6(10)4-5(11-2)8-9-7-4/h3H2,1-2H3,(H,7,8,9)/i2D3. The van der Waals surface area contributed by atoms with Gasteiger partial charge in [-0.25, -0.2) is 9.89 Å². The largest absolute Gasteiger partial charge is 0.478 e. The third kappa shape index (κ3) is 1.52. The van der Waals surface area contributed by atoms with Gasteiger partial charge in [-0.15, -0.1) is 0 Å². The summed E-state index contributed by atoms with van der Waals surface area (Å²) in [5.74, 6) is -1.16. The molecular formula is C6H9N3O3. The molecule has 12 heavy (non-hydrogen) atoms. The second kappa shape index (κ2) is 3.70. The van der Waals surface area contributed by atoms with E-state index in [1.165, 1.54) is 0 Å². The number of carbonyl (C=O) groups is 1. The lowest BCUT2D eigenvalue weighted by Gasteiger charge is -1.98. The lowest BCUT2D eigenvalue weighted by atomic mass is 10.5. The van der Waals surface area contributed by atoms with Gasteiger partial charge in [-0.1, -0.05) is 10.3 Å². The lowest BCUT2D eigenvalue weighted by Crippen LogP contribution is -2.06. The molecule has 0 atom stereocenters. The highest BCUT2D eigenvalue weighted by Gasteiger charge is 2.16. The first kappa shape index (κ1) is 5.13. The lowest BCUT2D eigenvalue weighted by molar-refractivity contribution is 0.0515. The molecule has 0 aliphatic heterocycles. The van der Waals surface area contributed by atoms with Gasteiger partial charge in [0.15, 0.2) is 0 Å². The zero-order valence-electron chi connectivity index (χ0n) is 9.33. The number of methoxy groups -OCH3 is 1. The summed E-state index contributed by atoms with van der Waals surface area (Å²) < 4.78 is 29.5. The van der Waals surface area contributed by atoms with Gasteiger partial charge in [-0.05, 0) is 6.92 Å². The van der Waals surface area contributed by atoms with E-state index in [2.05, 4.69) is 24.9 Å². The van der Waals surface area contributed by atoms with Gasteiger partial charge in [0.1, 0.15) is 0 Å². The highest BCUT2D eigenvalue weighted by molar-refractivity contribution is 5.89. The van der Waals surface area contributed by atoms with E-state index in [1.54, 1.807) is 6.92 Å². The number of nitrogens with zero attached hydrogens (tertiary/aromatic N) is 2. The SMILES string of the molecule is [2H]C([2H])([2H])Oc1nn[nH]c1C(=O)OCC. The van der Waals surface area contributed by atoms with Gasteiger partial charge in [0.2, 0.25) is 5.69 Å². The molecule has 0 spiro atoms. The first-order valence-corrected chi connectivity index (χ1v) is 3.21. The van der Waals surface area contributed by atoms with Crippen molar-refractivity contribution in [2.75, 3.05) is 13.6 Å². The predicted molar refractivity (Wildman–Crippen MR) is 38.9 cm³/mol. The van der Waals surface area contributed by atoms with Crippen molar-refractivity contribution in [1.82, 2.24) is 15.4 Å². The molecule has 0 fully saturated rings. The van der Waals surface area contributed by atoms with Crippen molar-refractivity contribution in [2.24, 2.45) is 0 Å². The van der Waals surface area contributed by atoms with Crippen LogP contribution < -0.4 is 4.74 Å². The molecule has 0 bridgehead atoms. The van der Waals surface area contributed by atoms with Gasteiger partial charge in [-0.3, -0.25) is 0 Å². The Morgan fingerprint density at radius 2 is 2.67 bits per heavy atom. The van der Waals surface area contributed by atoms with E-state index < -0.39 is 18.9 Å². The summed E-state index contributed by atoms with van der Waals surface area (Å²) in [6, 6.07) is 0. The summed E-state index contributed by atoms with van der Waals surface area (Å²) in [5, 5.41) is 8.78. The molecule has 0 radical (unpaired) electrons. The summed E-state index contributed by atoms with van der Waals surface area (Å²) in [7, 11) is -2.68. The second-order valence-corrected chi connectivity index (χ2v) is 1.81. The normalized spacial score (nSPS) is 14.2. The minimum absolute atomic E-state index is 0.158. The van der Waals surface area contributed by atoms with E-state index in [-0.39, 0.29) is 12.3 Å². The number of nitrogens with one attached hydrogen (secondary N) is 1. The maximum absolute atomic E-state index is 11.2. The smallest absolute Gasteiger partial charge is 0.362 e. The van der Waals surface area contributed by atoms with Crippen LogP contribution in [-0.2, 0) is 4.74 Å². The minimum atomic E-state index is -2.68. The molecule has 0 saturated carbocycles. The molecule has 66 valence electrons. The molecule has 0 amide bonds. The second-order valence-electron chi connectivity index (χ2n) is 1.81. The van der Waals surface area contributed by atoms with Crippen LogP contribution >= 0.6 is 0 Å². The van der Waals surface area contributed by atoms with Gasteiger partial charge >= 0.3 is 5.97 Å². The fourth-order valence-electron chi connectivity index (χ4n) is 0.626. The molecule has 6 heteroatoms. The Kier molecular flexibility index (Phi) is 1.58. The molecule has 0 aromatic carbocycles. The van der Waals surface area contributed by atoms with Crippen LogP contribution in [-0.4, -0.2) is 35.0 Å². The highest BCUT2D eigenvalue weighted by Crippen LogP contribution is 2.10. The Morgan fingerprint density at radius 3 is 3.33 bits per heavy atom. The van der Waals surface area contributed by atoms with Crippen LogP contribution in [0.4, 0.5) is 0 Å². The fourth-order valence-corrected chi connectivity index (χ4v) is 0.626. The zero-order valence-corrected chi connectivity index (χ0v) is 6.33. The van der Waals surface area contributed by atoms with Crippen molar-refractivity contribution in [3.05, 3.63) is 5.69 Å². The van der Waals surface area contributed by atoms with E-state index in [0.717, 1.165) is 0 Å². The quantitative estimate of drug-likeness (QED) is 0.652. The van der Waals surface area contributed by atoms with E-state index >= 15 is 0 Å². The summed E-state index contributed by atoms with van der Waals surface area (Å²) in [5.41, 5.74) is -0.215. The molecule has 1 N–H and O–H groups in total. The van der Waals surface area contributed by atoms with Crippen LogP contribution in [0, 0.1) is 0 Å². The summed E-state index contributed by atoms with van der Waals surface area (Å²) in [4.78, 5) is 11.2. The van der Waals surface area contributed by atoms with Crippen molar-refractivity contribution >= 4 is 5.97 Å². The molecular weight excluding hydrogens is 162 g/mol. The van der Waals surface area contributed by atoms with E-state index in [9.17, 15) is 4.79 Å². The molecule has 1 heterocycles. The monoisotopic (exact) mass is 174 g/mol. The molecule has 0 saturated heterocycles. The molecule has 0 unspecified atom stereocenters. The van der Waals surface area contributed by atoms with Gasteiger partial charge in [0.05, 0.1) is 17.8 Å². The molecule has 1 aromatic heterocycles.